The van der Waals surface area contributed by atoms with Gasteiger partial charge in [0.15, 0.2) is 0 Å². The Morgan fingerprint density at radius 1 is 1.25 bits per heavy atom. The standard InChI is InChI=1S/C17H19N5O2/c1-12-13(2)20-22(15-5-3-14(11-18)4-6-15)16(12)19-17(23)21-7-9-24-10-8-21/h3-6H,7-10H2,1-2H3,(H,19,23). The number of anilines is 1. The SMILES string of the molecule is Cc1nn(-c2ccc(C#N)cc2)c(NC(=O)N2CCOCC2)c1C. The van der Waals surface area contributed by atoms with Crippen molar-refractivity contribution in [2.24, 2.45) is 0 Å². The van der Waals surface area contributed by atoms with E-state index in [1.807, 2.05) is 26.0 Å². The zero-order valence-corrected chi connectivity index (χ0v) is 13.7. The molecule has 2 aromatic rings. The molecule has 2 amide bonds. The van der Waals surface area contributed by atoms with Gasteiger partial charge in [-0.1, -0.05) is 0 Å². The molecule has 1 N–H and O–H groups in total. The summed E-state index contributed by atoms with van der Waals surface area (Å²) < 4.78 is 6.98. The molecule has 1 aliphatic heterocycles. The van der Waals surface area contributed by atoms with Gasteiger partial charge in [0.05, 0.1) is 36.2 Å². The molecule has 0 saturated carbocycles. The molecule has 2 heterocycles. The van der Waals surface area contributed by atoms with Crippen LogP contribution in [0.15, 0.2) is 24.3 Å². The molecule has 1 aliphatic rings. The molecular weight excluding hydrogens is 306 g/mol. The van der Waals surface area contributed by atoms with E-state index in [2.05, 4.69) is 16.5 Å². The molecule has 0 bridgehead atoms. The Hall–Kier alpha value is -2.85. The van der Waals surface area contributed by atoms with E-state index in [0.29, 0.717) is 37.7 Å². The van der Waals surface area contributed by atoms with Gasteiger partial charge in [-0.2, -0.15) is 10.4 Å². The number of rotatable bonds is 2. The van der Waals surface area contributed by atoms with Crippen LogP contribution in [0.3, 0.4) is 0 Å². The van der Waals surface area contributed by atoms with E-state index in [9.17, 15) is 4.79 Å². The minimum Gasteiger partial charge on any atom is -0.378 e. The number of benzene rings is 1. The van der Waals surface area contributed by atoms with Crippen LogP contribution < -0.4 is 5.32 Å². The number of morpholine rings is 1. The van der Waals surface area contributed by atoms with Crippen molar-refractivity contribution in [3.63, 3.8) is 0 Å². The number of amides is 2. The fourth-order valence-corrected chi connectivity index (χ4v) is 2.56. The fraction of sp³-hybridized carbons (Fsp3) is 0.353. The lowest BCUT2D eigenvalue weighted by Crippen LogP contribution is -2.43. The number of carbonyl (C=O) groups is 1. The zero-order chi connectivity index (χ0) is 17.1. The van der Waals surface area contributed by atoms with E-state index >= 15 is 0 Å². The number of nitrogens with zero attached hydrogens (tertiary/aromatic N) is 4. The number of hydrogen-bond donors (Lipinski definition) is 1. The summed E-state index contributed by atoms with van der Waals surface area (Å²) in [4.78, 5) is 14.2. The zero-order valence-electron chi connectivity index (χ0n) is 13.7. The second-order valence-electron chi connectivity index (χ2n) is 5.66. The second kappa shape index (κ2) is 6.72. The lowest BCUT2D eigenvalue weighted by molar-refractivity contribution is 0.0564. The molecule has 1 aromatic heterocycles. The Labute approximate surface area is 140 Å². The molecule has 7 nitrogen and oxygen atoms in total. The van der Waals surface area contributed by atoms with E-state index in [-0.39, 0.29) is 6.03 Å². The van der Waals surface area contributed by atoms with Crippen LogP contribution in [0.25, 0.3) is 5.69 Å². The van der Waals surface area contributed by atoms with Crippen molar-refractivity contribution in [3.8, 4) is 11.8 Å². The minimum absolute atomic E-state index is 0.156. The summed E-state index contributed by atoms with van der Waals surface area (Å²) in [6, 6.07) is 9.03. The minimum atomic E-state index is -0.156. The van der Waals surface area contributed by atoms with Gasteiger partial charge in [0.2, 0.25) is 0 Å². The van der Waals surface area contributed by atoms with E-state index in [1.165, 1.54) is 0 Å². The first kappa shape index (κ1) is 16.0. The highest BCUT2D eigenvalue weighted by Crippen LogP contribution is 2.23. The third kappa shape index (κ3) is 3.09. The normalized spacial score (nSPS) is 14.3. The van der Waals surface area contributed by atoms with Crippen molar-refractivity contribution in [3.05, 3.63) is 41.1 Å². The third-order valence-corrected chi connectivity index (χ3v) is 4.12. The van der Waals surface area contributed by atoms with Crippen molar-refractivity contribution >= 4 is 11.8 Å². The second-order valence-corrected chi connectivity index (χ2v) is 5.66. The Morgan fingerprint density at radius 2 is 1.92 bits per heavy atom. The first-order valence-corrected chi connectivity index (χ1v) is 7.80. The molecule has 0 spiro atoms. The Balaban J connectivity index is 1.89. The van der Waals surface area contributed by atoms with Gasteiger partial charge in [0.1, 0.15) is 5.82 Å². The molecule has 1 saturated heterocycles. The van der Waals surface area contributed by atoms with Crippen LogP contribution in [0, 0.1) is 25.2 Å². The van der Waals surface area contributed by atoms with Crippen LogP contribution in [0.4, 0.5) is 10.6 Å². The predicted molar refractivity (Wildman–Crippen MR) is 89.2 cm³/mol. The number of nitrogens with one attached hydrogen (secondary N) is 1. The van der Waals surface area contributed by atoms with Gasteiger partial charge in [-0.25, -0.2) is 9.48 Å². The number of aryl methyl sites for hydroxylation is 1. The number of carbonyl (C=O) groups excluding carboxylic acids is 1. The average Bonchev–Trinajstić information content (AvgIpc) is 2.91. The Morgan fingerprint density at radius 3 is 2.54 bits per heavy atom. The van der Waals surface area contributed by atoms with Gasteiger partial charge in [0.25, 0.3) is 0 Å². The number of nitriles is 1. The Kier molecular flexibility index (Phi) is 4.49. The van der Waals surface area contributed by atoms with Gasteiger partial charge in [-0.15, -0.1) is 0 Å². The van der Waals surface area contributed by atoms with Crippen LogP contribution in [-0.4, -0.2) is 47.0 Å². The average molecular weight is 325 g/mol. The fourth-order valence-electron chi connectivity index (χ4n) is 2.56. The summed E-state index contributed by atoms with van der Waals surface area (Å²) in [6.07, 6.45) is 0. The summed E-state index contributed by atoms with van der Waals surface area (Å²) in [6.45, 7) is 6.10. The van der Waals surface area contributed by atoms with Crippen LogP contribution in [0.5, 0.6) is 0 Å². The molecule has 7 heteroatoms. The number of aromatic nitrogens is 2. The number of hydrogen-bond acceptors (Lipinski definition) is 4. The van der Waals surface area contributed by atoms with Crippen LogP contribution >= 0.6 is 0 Å². The summed E-state index contributed by atoms with van der Waals surface area (Å²) >= 11 is 0. The van der Waals surface area contributed by atoms with Crippen LogP contribution in [-0.2, 0) is 4.74 Å². The largest absolute Gasteiger partial charge is 0.378 e. The lowest BCUT2D eigenvalue weighted by Gasteiger charge is -2.27. The molecule has 0 aliphatic carbocycles. The van der Waals surface area contributed by atoms with Crippen molar-refractivity contribution in [1.82, 2.24) is 14.7 Å². The van der Waals surface area contributed by atoms with Crippen LogP contribution in [0.2, 0.25) is 0 Å². The Bertz CT molecular complexity index is 783. The van der Waals surface area contributed by atoms with Crippen molar-refractivity contribution in [2.45, 2.75) is 13.8 Å². The molecule has 3 rings (SSSR count). The summed E-state index contributed by atoms with van der Waals surface area (Å²) in [5.41, 5.74) is 3.14. The summed E-state index contributed by atoms with van der Waals surface area (Å²) in [7, 11) is 0. The molecule has 0 radical (unpaired) electrons. The highest BCUT2D eigenvalue weighted by molar-refractivity contribution is 5.89. The molecule has 0 unspecified atom stereocenters. The first-order valence-electron chi connectivity index (χ1n) is 7.80. The van der Waals surface area contributed by atoms with Crippen molar-refractivity contribution < 1.29 is 9.53 Å². The quantitative estimate of drug-likeness (QED) is 0.918. The molecule has 24 heavy (non-hydrogen) atoms. The van der Waals surface area contributed by atoms with E-state index in [0.717, 1.165) is 16.9 Å². The van der Waals surface area contributed by atoms with Gasteiger partial charge in [0, 0.05) is 18.7 Å². The molecule has 0 atom stereocenters. The summed E-state index contributed by atoms with van der Waals surface area (Å²) in [5, 5.41) is 16.4. The van der Waals surface area contributed by atoms with Gasteiger partial charge in [-0.3, -0.25) is 5.32 Å². The number of urea groups is 1. The highest BCUT2D eigenvalue weighted by atomic mass is 16.5. The lowest BCUT2D eigenvalue weighted by atomic mass is 10.2. The van der Waals surface area contributed by atoms with Crippen molar-refractivity contribution in [2.75, 3.05) is 31.6 Å². The van der Waals surface area contributed by atoms with Crippen molar-refractivity contribution in [1.29, 1.82) is 5.26 Å². The van der Waals surface area contributed by atoms with Gasteiger partial charge >= 0.3 is 6.03 Å². The van der Waals surface area contributed by atoms with E-state index in [4.69, 9.17) is 10.00 Å². The maximum absolute atomic E-state index is 12.5. The van der Waals surface area contributed by atoms with Crippen LogP contribution in [0.1, 0.15) is 16.8 Å². The molecule has 1 aromatic carbocycles. The number of ether oxygens (including phenoxy) is 1. The summed E-state index contributed by atoms with van der Waals surface area (Å²) in [5.74, 6) is 0.647. The molecular formula is C17H19N5O2. The molecule has 124 valence electrons. The smallest absolute Gasteiger partial charge is 0.323 e. The van der Waals surface area contributed by atoms with E-state index < -0.39 is 0 Å². The topological polar surface area (TPSA) is 83.2 Å². The molecule has 1 fully saturated rings. The first-order chi connectivity index (χ1) is 11.6. The van der Waals surface area contributed by atoms with Gasteiger partial charge in [-0.05, 0) is 38.1 Å². The highest BCUT2D eigenvalue weighted by Gasteiger charge is 2.21. The predicted octanol–water partition coefficient (Wildman–Crippen LogP) is 2.22. The van der Waals surface area contributed by atoms with E-state index in [1.54, 1.807) is 21.7 Å². The third-order valence-electron chi connectivity index (χ3n) is 4.12. The monoisotopic (exact) mass is 325 g/mol. The van der Waals surface area contributed by atoms with Gasteiger partial charge < -0.3 is 9.64 Å². The maximum atomic E-state index is 12.5. The maximum Gasteiger partial charge on any atom is 0.323 e.